The second kappa shape index (κ2) is 12.2. The van der Waals surface area contributed by atoms with Gasteiger partial charge in [-0.1, -0.05) is 49.1 Å². The maximum absolute atomic E-state index is 6.15. The van der Waals surface area contributed by atoms with E-state index in [1.54, 1.807) is 7.05 Å². The Labute approximate surface area is 146 Å². The lowest BCUT2D eigenvalue weighted by molar-refractivity contribution is 0.389. The third kappa shape index (κ3) is 9.47. The van der Waals surface area contributed by atoms with Crippen molar-refractivity contribution < 1.29 is 0 Å². The molecular formula is C18H31ClN4. The average Bonchev–Trinajstić information content (AvgIpc) is 2.54. The lowest BCUT2D eigenvalue weighted by atomic mass is 10.1. The first-order valence-corrected chi connectivity index (χ1v) is 8.84. The molecule has 0 fully saturated rings. The minimum atomic E-state index is 0.684. The molecule has 0 unspecified atom stereocenters. The quantitative estimate of drug-likeness (QED) is 0.389. The summed E-state index contributed by atoms with van der Waals surface area (Å²) < 4.78 is 0. The third-order valence-electron chi connectivity index (χ3n) is 3.70. The number of unbranched alkanes of at least 4 members (excludes halogenated alkanes) is 4. The maximum Gasteiger partial charge on any atom is 0.191 e. The Hall–Kier alpha value is -1.26. The number of benzene rings is 1. The Morgan fingerprint density at radius 2 is 1.74 bits per heavy atom. The zero-order valence-electron chi connectivity index (χ0n) is 14.7. The van der Waals surface area contributed by atoms with Crippen LogP contribution in [0, 0.1) is 0 Å². The number of aliphatic imine (C=N–C) groups is 1. The first-order chi connectivity index (χ1) is 11.1. The molecule has 4 nitrogen and oxygen atoms in total. The van der Waals surface area contributed by atoms with Crippen molar-refractivity contribution in [3.63, 3.8) is 0 Å². The standard InChI is InChI=1S/C18H31ClN4/c1-20-18(22-15-16-11-7-8-12-17(16)19)21-13-9-5-4-6-10-14-23(2)3/h7-8,11-12H,4-6,9-10,13-15H2,1-3H3,(H2,20,21,22). The molecule has 0 radical (unpaired) electrons. The fourth-order valence-electron chi connectivity index (χ4n) is 2.33. The Bertz CT molecular complexity index is 460. The first-order valence-electron chi connectivity index (χ1n) is 8.46. The van der Waals surface area contributed by atoms with E-state index in [0.717, 1.165) is 23.1 Å². The van der Waals surface area contributed by atoms with Crippen molar-refractivity contribution in [2.24, 2.45) is 4.99 Å². The Morgan fingerprint density at radius 3 is 2.43 bits per heavy atom. The normalized spacial score (nSPS) is 11.8. The Kier molecular flexibility index (Phi) is 10.5. The van der Waals surface area contributed by atoms with E-state index in [1.807, 2.05) is 24.3 Å². The molecule has 5 heteroatoms. The summed E-state index contributed by atoms with van der Waals surface area (Å²) >= 11 is 6.15. The minimum Gasteiger partial charge on any atom is -0.356 e. The molecule has 2 N–H and O–H groups in total. The second-order valence-corrected chi connectivity index (χ2v) is 6.42. The van der Waals surface area contributed by atoms with Crippen LogP contribution in [0.5, 0.6) is 0 Å². The van der Waals surface area contributed by atoms with Crippen LogP contribution in [0.1, 0.15) is 37.7 Å². The highest BCUT2D eigenvalue weighted by atomic mass is 35.5. The molecule has 0 aliphatic rings. The summed E-state index contributed by atoms with van der Waals surface area (Å²) in [5.74, 6) is 0.831. The molecule has 1 aromatic rings. The lowest BCUT2D eigenvalue weighted by Crippen LogP contribution is -2.37. The largest absolute Gasteiger partial charge is 0.356 e. The number of guanidine groups is 1. The maximum atomic E-state index is 6.15. The molecule has 0 spiro atoms. The number of hydrogen-bond donors (Lipinski definition) is 2. The van der Waals surface area contributed by atoms with Crippen LogP contribution in [0.4, 0.5) is 0 Å². The summed E-state index contributed by atoms with van der Waals surface area (Å²) in [5.41, 5.74) is 1.08. The Morgan fingerprint density at radius 1 is 1.04 bits per heavy atom. The predicted octanol–water partition coefficient (Wildman–Crippen LogP) is 3.52. The van der Waals surface area contributed by atoms with Gasteiger partial charge in [0.2, 0.25) is 0 Å². The number of nitrogens with one attached hydrogen (secondary N) is 2. The van der Waals surface area contributed by atoms with Gasteiger partial charge in [0.05, 0.1) is 0 Å². The van der Waals surface area contributed by atoms with Crippen LogP contribution in [-0.2, 0) is 6.54 Å². The molecule has 0 aromatic heterocycles. The smallest absolute Gasteiger partial charge is 0.191 e. The summed E-state index contributed by atoms with van der Waals surface area (Å²) in [6.07, 6.45) is 6.36. The van der Waals surface area contributed by atoms with Gasteiger partial charge in [0.1, 0.15) is 0 Å². The topological polar surface area (TPSA) is 39.7 Å². The van der Waals surface area contributed by atoms with E-state index in [-0.39, 0.29) is 0 Å². The summed E-state index contributed by atoms with van der Waals surface area (Å²) in [6, 6.07) is 7.87. The van der Waals surface area contributed by atoms with Crippen LogP contribution in [0.3, 0.4) is 0 Å². The predicted molar refractivity (Wildman–Crippen MR) is 101 cm³/mol. The molecule has 1 rings (SSSR count). The first kappa shape index (κ1) is 19.8. The number of halogens is 1. The van der Waals surface area contributed by atoms with E-state index in [1.165, 1.54) is 38.6 Å². The van der Waals surface area contributed by atoms with Gasteiger partial charge in [-0.15, -0.1) is 0 Å². The van der Waals surface area contributed by atoms with Gasteiger partial charge in [0, 0.05) is 25.2 Å². The molecule has 0 saturated heterocycles. The van der Waals surface area contributed by atoms with Gasteiger partial charge in [-0.3, -0.25) is 4.99 Å². The molecule has 0 saturated carbocycles. The molecule has 0 aliphatic heterocycles. The van der Waals surface area contributed by atoms with Crippen molar-refractivity contribution in [2.45, 2.75) is 38.6 Å². The van der Waals surface area contributed by atoms with E-state index in [0.29, 0.717) is 6.54 Å². The lowest BCUT2D eigenvalue weighted by Gasteiger charge is -2.12. The van der Waals surface area contributed by atoms with Crippen LogP contribution in [0.2, 0.25) is 5.02 Å². The molecule has 0 bridgehead atoms. The van der Waals surface area contributed by atoms with Crippen LogP contribution >= 0.6 is 11.6 Å². The van der Waals surface area contributed by atoms with Crippen LogP contribution in [0.15, 0.2) is 29.3 Å². The summed E-state index contributed by atoms with van der Waals surface area (Å²) in [4.78, 5) is 6.49. The Balaban J connectivity index is 2.09. The van der Waals surface area contributed by atoms with Gasteiger partial charge < -0.3 is 15.5 Å². The van der Waals surface area contributed by atoms with E-state index in [9.17, 15) is 0 Å². The molecule has 23 heavy (non-hydrogen) atoms. The summed E-state index contributed by atoms with van der Waals surface area (Å²) in [5, 5.41) is 7.44. The van der Waals surface area contributed by atoms with Gasteiger partial charge in [-0.2, -0.15) is 0 Å². The van der Waals surface area contributed by atoms with Gasteiger partial charge in [0.15, 0.2) is 5.96 Å². The van der Waals surface area contributed by atoms with E-state index >= 15 is 0 Å². The van der Waals surface area contributed by atoms with Gasteiger partial charge in [-0.05, 0) is 45.1 Å². The molecule has 0 aliphatic carbocycles. The van der Waals surface area contributed by atoms with E-state index < -0.39 is 0 Å². The molecular weight excluding hydrogens is 308 g/mol. The van der Waals surface area contributed by atoms with Crippen molar-refractivity contribution in [2.75, 3.05) is 34.2 Å². The number of rotatable bonds is 10. The molecule has 130 valence electrons. The summed E-state index contributed by atoms with van der Waals surface area (Å²) in [6.45, 7) is 2.83. The van der Waals surface area contributed by atoms with E-state index in [4.69, 9.17) is 11.6 Å². The van der Waals surface area contributed by atoms with Crippen molar-refractivity contribution in [3.05, 3.63) is 34.9 Å². The third-order valence-corrected chi connectivity index (χ3v) is 4.07. The van der Waals surface area contributed by atoms with E-state index in [2.05, 4.69) is 34.6 Å². The minimum absolute atomic E-state index is 0.684. The number of nitrogens with zero attached hydrogens (tertiary/aromatic N) is 2. The fraction of sp³-hybridized carbons (Fsp3) is 0.611. The van der Waals surface area contributed by atoms with Gasteiger partial charge in [-0.25, -0.2) is 0 Å². The zero-order chi connectivity index (χ0) is 16.9. The SMILES string of the molecule is CN=C(NCCCCCCCN(C)C)NCc1ccccc1Cl. The monoisotopic (exact) mass is 338 g/mol. The number of hydrogen-bond acceptors (Lipinski definition) is 2. The van der Waals surface area contributed by atoms with Crippen molar-refractivity contribution in [1.82, 2.24) is 15.5 Å². The second-order valence-electron chi connectivity index (χ2n) is 6.01. The highest BCUT2D eigenvalue weighted by Crippen LogP contribution is 2.14. The van der Waals surface area contributed by atoms with Crippen LogP contribution in [0.25, 0.3) is 0 Å². The molecule has 0 heterocycles. The molecule has 1 aromatic carbocycles. The van der Waals surface area contributed by atoms with Crippen LogP contribution < -0.4 is 10.6 Å². The fourth-order valence-corrected chi connectivity index (χ4v) is 2.53. The zero-order valence-corrected chi connectivity index (χ0v) is 15.5. The highest BCUT2D eigenvalue weighted by Gasteiger charge is 2.01. The molecule has 0 atom stereocenters. The van der Waals surface area contributed by atoms with Crippen molar-refractivity contribution in [1.29, 1.82) is 0 Å². The summed E-state index contributed by atoms with van der Waals surface area (Å²) in [7, 11) is 6.06. The average molecular weight is 339 g/mol. The van der Waals surface area contributed by atoms with Crippen LogP contribution in [-0.4, -0.2) is 45.1 Å². The van der Waals surface area contributed by atoms with Gasteiger partial charge in [0.25, 0.3) is 0 Å². The highest BCUT2D eigenvalue weighted by molar-refractivity contribution is 6.31. The molecule has 0 amide bonds. The van der Waals surface area contributed by atoms with Crippen molar-refractivity contribution >= 4 is 17.6 Å². The van der Waals surface area contributed by atoms with Crippen molar-refractivity contribution in [3.8, 4) is 0 Å². The van der Waals surface area contributed by atoms with Gasteiger partial charge >= 0.3 is 0 Å².